The zero-order chi connectivity index (χ0) is 16.7. The number of amides is 3. The van der Waals surface area contributed by atoms with Crippen LogP contribution in [0, 0.1) is 11.3 Å². The van der Waals surface area contributed by atoms with E-state index >= 15 is 0 Å². The fraction of sp³-hybridized carbons (Fsp3) is 0.0625. The van der Waals surface area contributed by atoms with Crippen LogP contribution in [0.3, 0.4) is 0 Å². The number of nitrogens with one attached hydrogen (secondary N) is 2. The predicted octanol–water partition coefficient (Wildman–Crippen LogP) is 2.33. The largest absolute Gasteiger partial charge is 0.479 e. The number of hydrogen-bond donors (Lipinski definition) is 3. The molecule has 116 valence electrons. The molecule has 0 aliphatic carbocycles. The first kappa shape index (κ1) is 15.9. The van der Waals surface area contributed by atoms with Crippen LogP contribution in [0.15, 0.2) is 48.5 Å². The molecule has 0 heterocycles. The number of hydrogen-bond acceptors (Lipinski definition) is 4. The van der Waals surface area contributed by atoms with E-state index in [0.29, 0.717) is 22.7 Å². The minimum absolute atomic E-state index is 0.0304. The van der Waals surface area contributed by atoms with Crippen molar-refractivity contribution in [3.63, 3.8) is 0 Å². The second-order valence-corrected chi connectivity index (χ2v) is 4.49. The summed E-state index contributed by atoms with van der Waals surface area (Å²) in [5, 5.41) is 13.6. The number of rotatable bonds is 5. The third-order valence-corrected chi connectivity index (χ3v) is 2.83. The van der Waals surface area contributed by atoms with Gasteiger partial charge in [0, 0.05) is 16.9 Å². The van der Waals surface area contributed by atoms with Crippen molar-refractivity contribution in [1.82, 2.24) is 0 Å². The van der Waals surface area contributed by atoms with Crippen molar-refractivity contribution in [3.05, 3.63) is 54.1 Å². The lowest BCUT2D eigenvalue weighted by atomic mass is 10.2. The number of benzene rings is 2. The van der Waals surface area contributed by atoms with Crippen molar-refractivity contribution in [3.8, 4) is 11.8 Å². The van der Waals surface area contributed by atoms with E-state index in [9.17, 15) is 9.59 Å². The zero-order valence-electron chi connectivity index (χ0n) is 12.1. The van der Waals surface area contributed by atoms with Gasteiger partial charge in [-0.1, -0.05) is 0 Å². The molecule has 3 amide bonds. The van der Waals surface area contributed by atoms with Crippen LogP contribution in [-0.4, -0.2) is 18.5 Å². The minimum atomic E-state index is -0.666. The van der Waals surface area contributed by atoms with Gasteiger partial charge in [0.2, 0.25) is 0 Å². The Labute approximate surface area is 132 Å². The molecule has 0 spiro atoms. The molecule has 0 saturated heterocycles. The molecule has 7 nitrogen and oxygen atoms in total. The number of anilines is 2. The zero-order valence-corrected chi connectivity index (χ0v) is 12.1. The fourth-order valence-electron chi connectivity index (χ4n) is 1.80. The Morgan fingerprint density at radius 3 is 2.13 bits per heavy atom. The van der Waals surface area contributed by atoms with Gasteiger partial charge in [-0.3, -0.25) is 4.79 Å². The highest BCUT2D eigenvalue weighted by atomic mass is 16.5. The number of urea groups is 1. The summed E-state index contributed by atoms with van der Waals surface area (Å²) in [6.45, 7) is -0.0304. The normalized spacial score (nSPS) is 9.52. The Balaban J connectivity index is 1.98. The monoisotopic (exact) mass is 310 g/mol. The standard InChI is InChI=1S/C16H14N4O3/c17-9-10-23-14-7-5-12(6-8-14)19-15(21)11-1-3-13(4-2-11)20-16(18)22/h1-8H,10H2,(H,19,21)(H3,18,20,22). The highest BCUT2D eigenvalue weighted by molar-refractivity contribution is 6.04. The van der Waals surface area contributed by atoms with Crippen LogP contribution in [0.1, 0.15) is 10.4 Å². The molecule has 4 N–H and O–H groups in total. The Morgan fingerprint density at radius 2 is 1.57 bits per heavy atom. The molecule has 0 fully saturated rings. The summed E-state index contributed by atoms with van der Waals surface area (Å²) in [6.07, 6.45) is 0. The molecular formula is C16H14N4O3. The van der Waals surface area contributed by atoms with Crippen LogP contribution in [0.25, 0.3) is 0 Å². The van der Waals surface area contributed by atoms with Crippen molar-refractivity contribution in [1.29, 1.82) is 5.26 Å². The van der Waals surface area contributed by atoms with Crippen LogP contribution in [0.2, 0.25) is 0 Å². The highest BCUT2D eigenvalue weighted by Gasteiger charge is 2.06. The molecule has 0 unspecified atom stereocenters. The van der Waals surface area contributed by atoms with Gasteiger partial charge in [-0.2, -0.15) is 5.26 Å². The summed E-state index contributed by atoms with van der Waals surface area (Å²) in [5.74, 6) is 0.257. The number of ether oxygens (including phenoxy) is 1. The molecule has 0 radical (unpaired) electrons. The Kier molecular flexibility index (Phi) is 5.15. The second kappa shape index (κ2) is 7.47. The lowest BCUT2D eigenvalue weighted by Crippen LogP contribution is -2.19. The van der Waals surface area contributed by atoms with E-state index in [-0.39, 0.29) is 12.5 Å². The van der Waals surface area contributed by atoms with Gasteiger partial charge in [0.15, 0.2) is 6.61 Å². The van der Waals surface area contributed by atoms with Crippen molar-refractivity contribution in [2.45, 2.75) is 0 Å². The van der Waals surface area contributed by atoms with Crippen LogP contribution < -0.4 is 21.1 Å². The van der Waals surface area contributed by atoms with E-state index < -0.39 is 6.03 Å². The van der Waals surface area contributed by atoms with Crippen molar-refractivity contribution in [2.75, 3.05) is 17.2 Å². The Bertz CT molecular complexity index is 733. The third-order valence-electron chi connectivity index (χ3n) is 2.83. The fourth-order valence-corrected chi connectivity index (χ4v) is 1.80. The molecule has 0 aliphatic heterocycles. The number of primary amides is 1. The number of carbonyl (C=O) groups is 2. The smallest absolute Gasteiger partial charge is 0.316 e. The van der Waals surface area contributed by atoms with E-state index in [1.54, 1.807) is 48.5 Å². The number of carbonyl (C=O) groups excluding carboxylic acids is 2. The van der Waals surface area contributed by atoms with Crippen LogP contribution in [0.4, 0.5) is 16.2 Å². The first-order chi connectivity index (χ1) is 11.1. The van der Waals surface area contributed by atoms with E-state index in [4.69, 9.17) is 15.7 Å². The first-order valence-corrected chi connectivity index (χ1v) is 6.66. The van der Waals surface area contributed by atoms with Gasteiger partial charge < -0.3 is 21.1 Å². The van der Waals surface area contributed by atoms with Crippen LogP contribution >= 0.6 is 0 Å². The molecule has 0 saturated carbocycles. The molecule has 0 aromatic heterocycles. The van der Waals surface area contributed by atoms with Gasteiger partial charge in [-0.25, -0.2) is 4.79 Å². The molecule has 2 aromatic rings. The third kappa shape index (κ3) is 4.75. The van der Waals surface area contributed by atoms with Crippen molar-refractivity contribution < 1.29 is 14.3 Å². The summed E-state index contributed by atoms with van der Waals surface area (Å²) >= 11 is 0. The molecule has 0 bridgehead atoms. The summed E-state index contributed by atoms with van der Waals surface area (Å²) in [6, 6.07) is 14.2. The summed E-state index contributed by atoms with van der Waals surface area (Å²) in [7, 11) is 0. The van der Waals surface area contributed by atoms with Crippen LogP contribution in [0.5, 0.6) is 5.75 Å². The van der Waals surface area contributed by atoms with E-state index in [2.05, 4.69) is 10.6 Å². The second-order valence-electron chi connectivity index (χ2n) is 4.49. The number of nitrogens with two attached hydrogens (primary N) is 1. The minimum Gasteiger partial charge on any atom is -0.479 e. The van der Waals surface area contributed by atoms with Gasteiger partial charge in [0.1, 0.15) is 11.8 Å². The van der Waals surface area contributed by atoms with Gasteiger partial charge >= 0.3 is 6.03 Å². The molecule has 7 heteroatoms. The summed E-state index contributed by atoms with van der Waals surface area (Å²) < 4.78 is 5.13. The molecular weight excluding hydrogens is 296 g/mol. The molecule has 23 heavy (non-hydrogen) atoms. The average molecular weight is 310 g/mol. The lowest BCUT2D eigenvalue weighted by molar-refractivity contribution is 0.102. The lowest BCUT2D eigenvalue weighted by Gasteiger charge is -2.07. The Hall–Kier alpha value is -3.53. The quantitative estimate of drug-likeness (QED) is 0.785. The summed E-state index contributed by atoms with van der Waals surface area (Å²) in [5.41, 5.74) is 6.55. The highest BCUT2D eigenvalue weighted by Crippen LogP contribution is 2.17. The summed E-state index contributed by atoms with van der Waals surface area (Å²) in [4.78, 5) is 22.8. The number of nitrogens with zero attached hydrogens (tertiary/aromatic N) is 1. The van der Waals surface area contributed by atoms with Gasteiger partial charge in [-0.15, -0.1) is 0 Å². The predicted molar refractivity (Wildman–Crippen MR) is 85.2 cm³/mol. The van der Waals surface area contributed by atoms with Gasteiger partial charge in [0.05, 0.1) is 0 Å². The van der Waals surface area contributed by atoms with Crippen molar-refractivity contribution in [2.24, 2.45) is 5.73 Å². The maximum Gasteiger partial charge on any atom is 0.316 e. The molecule has 2 aromatic carbocycles. The van der Waals surface area contributed by atoms with Gasteiger partial charge in [-0.05, 0) is 48.5 Å². The number of nitriles is 1. The topological polar surface area (TPSA) is 117 Å². The van der Waals surface area contributed by atoms with Crippen LogP contribution in [-0.2, 0) is 0 Å². The van der Waals surface area contributed by atoms with Gasteiger partial charge in [0.25, 0.3) is 5.91 Å². The molecule has 2 rings (SSSR count). The average Bonchev–Trinajstić information content (AvgIpc) is 2.54. The SMILES string of the molecule is N#CCOc1ccc(NC(=O)c2ccc(NC(N)=O)cc2)cc1. The first-order valence-electron chi connectivity index (χ1n) is 6.66. The van der Waals surface area contributed by atoms with E-state index in [0.717, 1.165) is 0 Å². The van der Waals surface area contributed by atoms with E-state index in [1.807, 2.05) is 6.07 Å². The molecule has 0 aliphatic rings. The van der Waals surface area contributed by atoms with Crippen molar-refractivity contribution >= 4 is 23.3 Å². The maximum absolute atomic E-state index is 12.1. The Morgan fingerprint density at radius 1 is 1.00 bits per heavy atom. The van der Waals surface area contributed by atoms with E-state index in [1.165, 1.54) is 0 Å². The maximum atomic E-state index is 12.1. The molecule has 0 atom stereocenters.